The summed E-state index contributed by atoms with van der Waals surface area (Å²) < 4.78 is 5.39. The fourth-order valence-electron chi connectivity index (χ4n) is 1.43. The molecule has 0 N–H and O–H groups in total. The van der Waals surface area contributed by atoms with E-state index >= 15 is 0 Å². The average molecular weight is 322 g/mol. The van der Waals surface area contributed by atoms with E-state index in [0.29, 0.717) is 0 Å². The van der Waals surface area contributed by atoms with Crippen molar-refractivity contribution >= 4 is 34.5 Å². The fraction of sp³-hybridized carbons (Fsp3) is 0. The van der Waals surface area contributed by atoms with Crippen molar-refractivity contribution in [2.24, 2.45) is 0 Å². The quantitative estimate of drug-likeness (QED) is 0.769. The maximum atomic E-state index is 5.98. The van der Waals surface area contributed by atoms with E-state index in [2.05, 4.69) is 0 Å². The Morgan fingerprint density at radius 1 is 1.00 bits per heavy atom. The Bertz CT molecular complexity index is 456. The van der Waals surface area contributed by atoms with Gasteiger partial charge in [-0.05, 0) is 0 Å². The summed E-state index contributed by atoms with van der Waals surface area (Å²) in [4.78, 5) is 0. The molecule has 0 heterocycles. The van der Waals surface area contributed by atoms with Crippen molar-refractivity contribution in [3.05, 3.63) is 53.6 Å². The van der Waals surface area contributed by atoms with Gasteiger partial charge in [-0.1, -0.05) is 0 Å². The third-order valence-electron chi connectivity index (χ3n) is 2.14. The Hall–Kier alpha value is -0.671. The van der Waals surface area contributed by atoms with Crippen LogP contribution in [0, 0.1) is 0 Å². The predicted molar refractivity (Wildman–Crippen MR) is 63.3 cm³/mol. The zero-order valence-electron chi connectivity index (χ0n) is 7.91. The first kappa shape index (κ1) is 10.8. The summed E-state index contributed by atoms with van der Waals surface area (Å²) in [6, 6.07) is 15.8. The molecule has 0 amide bonds. The van der Waals surface area contributed by atoms with Crippen LogP contribution in [0.2, 0.25) is 5.02 Å². The van der Waals surface area contributed by atoms with E-state index in [9.17, 15) is 0 Å². The molecule has 3 radical (unpaired) electrons. The Kier molecular flexibility index (Phi) is 3.54. The molecule has 2 aromatic rings. The van der Waals surface area contributed by atoms with E-state index < -0.39 is 0 Å². The molecule has 0 aromatic heterocycles. The van der Waals surface area contributed by atoms with Gasteiger partial charge in [0.15, 0.2) is 0 Å². The van der Waals surface area contributed by atoms with Crippen molar-refractivity contribution in [2.45, 2.75) is 0 Å². The zero-order chi connectivity index (χ0) is 10.7. The van der Waals surface area contributed by atoms with Crippen LogP contribution in [0.4, 0.5) is 0 Å². The van der Waals surface area contributed by atoms with Gasteiger partial charge in [-0.15, -0.1) is 0 Å². The van der Waals surface area contributed by atoms with E-state index in [1.807, 2.05) is 48.5 Å². The van der Waals surface area contributed by atoms with E-state index in [1.165, 1.54) is 0 Å². The van der Waals surface area contributed by atoms with Crippen molar-refractivity contribution < 1.29 is 3.07 Å². The molecule has 0 spiro atoms. The molecular formula is C12H8ClOSn. The summed E-state index contributed by atoms with van der Waals surface area (Å²) in [7, 11) is 0. The van der Waals surface area contributed by atoms with Gasteiger partial charge in [-0.2, -0.15) is 0 Å². The van der Waals surface area contributed by atoms with Crippen LogP contribution in [-0.2, 0) is 0 Å². The first-order chi connectivity index (χ1) is 7.31. The van der Waals surface area contributed by atoms with E-state index in [0.717, 1.165) is 44.8 Å². The molecule has 0 unspecified atom stereocenters. The Morgan fingerprint density at radius 2 is 1.73 bits per heavy atom. The monoisotopic (exact) mass is 323 g/mol. The molecule has 0 aliphatic heterocycles. The van der Waals surface area contributed by atoms with Gasteiger partial charge in [0.05, 0.1) is 0 Å². The van der Waals surface area contributed by atoms with Crippen LogP contribution in [0.5, 0.6) is 5.75 Å². The molecule has 0 aliphatic carbocycles. The molecular weight excluding hydrogens is 314 g/mol. The van der Waals surface area contributed by atoms with Crippen LogP contribution in [0.25, 0.3) is 11.1 Å². The molecule has 0 fully saturated rings. The van der Waals surface area contributed by atoms with E-state index in [-0.39, 0.29) is 0 Å². The molecule has 1 nitrogen and oxygen atoms in total. The Balaban J connectivity index is 2.56. The second kappa shape index (κ2) is 4.90. The number of hydrogen-bond acceptors (Lipinski definition) is 1. The van der Waals surface area contributed by atoms with Gasteiger partial charge in [-0.3, -0.25) is 0 Å². The third kappa shape index (κ3) is 2.47. The summed E-state index contributed by atoms with van der Waals surface area (Å²) in [6.07, 6.45) is 0. The summed E-state index contributed by atoms with van der Waals surface area (Å²) in [6.45, 7) is 0. The Labute approximate surface area is 108 Å². The van der Waals surface area contributed by atoms with Crippen molar-refractivity contribution in [3.63, 3.8) is 0 Å². The molecule has 73 valence electrons. The van der Waals surface area contributed by atoms with Gasteiger partial charge < -0.3 is 0 Å². The number of hydrogen-bond donors (Lipinski definition) is 0. The average Bonchev–Trinajstić information content (AvgIpc) is 2.30. The second-order valence-electron chi connectivity index (χ2n) is 3.11. The van der Waals surface area contributed by atoms with Gasteiger partial charge in [0.25, 0.3) is 0 Å². The standard InChI is InChI=1S/C12H9ClO.Sn/c13-10-6-7-12(14)11(8-10)9-4-2-1-3-5-9;/h1-8,14H;/q;+1/p-1. The van der Waals surface area contributed by atoms with Crippen molar-refractivity contribution in [3.8, 4) is 16.9 Å². The minimum absolute atomic E-state index is 0.727. The van der Waals surface area contributed by atoms with Gasteiger partial charge in [-0.25, -0.2) is 0 Å². The van der Waals surface area contributed by atoms with Crippen molar-refractivity contribution in [1.82, 2.24) is 0 Å². The van der Waals surface area contributed by atoms with Crippen LogP contribution in [0.1, 0.15) is 0 Å². The third-order valence-corrected chi connectivity index (χ3v) is 3.00. The first-order valence-electron chi connectivity index (χ1n) is 4.50. The Morgan fingerprint density at radius 3 is 2.40 bits per heavy atom. The molecule has 15 heavy (non-hydrogen) atoms. The number of benzene rings is 2. The fourth-order valence-corrected chi connectivity index (χ4v) is 2.11. The molecule has 0 atom stereocenters. The van der Waals surface area contributed by atoms with Crippen LogP contribution in [0.15, 0.2) is 48.5 Å². The van der Waals surface area contributed by atoms with Gasteiger partial charge in [0, 0.05) is 0 Å². The summed E-state index contributed by atoms with van der Waals surface area (Å²) in [5.74, 6) is 0.879. The summed E-state index contributed by atoms with van der Waals surface area (Å²) >= 11 is 7.00. The van der Waals surface area contributed by atoms with E-state index in [4.69, 9.17) is 14.7 Å². The van der Waals surface area contributed by atoms with Gasteiger partial charge in [0.1, 0.15) is 0 Å². The molecule has 3 heteroatoms. The minimum atomic E-state index is 0.727. The normalized spacial score (nSPS) is 10.0. The molecule has 0 saturated carbocycles. The maximum absolute atomic E-state index is 5.98. The molecule has 0 saturated heterocycles. The predicted octanol–water partition coefficient (Wildman–Crippen LogP) is 3.47. The number of rotatable bonds is 2. The second-order valence-corrected chi connectivity index (χ2v) is 4.13. The first-order valence-corrected chi connectivity index (χ1v) is 6.04. The topological polar surface area (TPSA) is 9.23 Å². The van der Waals surface area contributed by atoms with Gasteiger partial charge >= 0.3 is 108 Å². The molecule has 0 bridgehead atoms. The summed E-state index contributed by atoms with van der Waals surface area (Å²) in [5, 5.41) is 0.727. The SMILES string of the molecule is Clc1ccc([O][Sn])c(-c2ccccc2)c1. The van der Waals surface area contributed by atoms with Crippen LogP contribution in [0.3, 0.4) is 0 Å². The van der Waals surface area contributed by atoms with Crippen LogP contribution < -0.4 is 3.07 Å². The van der Waals surface area contributed by atoms with Crippen molar-refractivity contribution in [1.29, 1.82) is 0 Å². The zero-order valence-corrected chi connectivity index (χ0v) is 11.5. The van der Waals surface area contributed by atoms with Crippen molar-refractivity contribution in [2.75, 3.05) is 0 Å². The van der Waals surface area contributed by atoms with Crippen LogP contribution >= 0.6 is 11.6 Å². The summed E-state index contributed by atoms with van der Waals surface area (Å²) in [5.41, 5.74) is 2.16. The van der Waals surface area contributed by atoms with E-state index in [1.54, 1.807) is 0 Å². The number of halogens is 1. The van der Waals surface area contributed by atoms with Gasteiger partial charge in [0.2, 0.25) is 0 Å². The molecule has 2 aromatic carbocycles. The van der Waals surface area contributed by atoms with Crippen LogP contribution in [-0.4, -0.2) is 22.9 Å². The molecule has 0 aliphatic rings. The molecule has 2 rings (SSSR count).